The van der Waals surface area contributed by atoms with Crippen molar-refractivity contribution in [2.45, 2.75) is 33.2 Å². The highest BCUT2D eigenvalue weighted by atomic mass is 16.5. The SMILES string of the molecule is CCOC(=O)C(C)CNC1CC1C. The average molecular weight is 185 g/mol. The lowest BCUT2D eigenvalue weighted by Crippen LogP contribution is -2.29. The van der Waals surface area contributed by atoms with Crippen molar-refractivity contribution in [1.29, 1.82) is 0 Å². The highest BCUT2D eigenvalue weighted by Crippen LogP contribution is 2.28. The van der Waals surface area contributed by atoms with E-state index in [0.29, 0.717) is 12.6 Å². The fourth-order valence-electron chi connectivity index (χ4n) is 1.30. The van der Waals surface area contributed by atoms with Crippen molar-refractivity contribution in [2.75, 3.05) is 13.2 Å². The number of carbonyl (C=O) groups is 1. The van der Waals surface area contributed by atoms with Crippen LogP contribution in [0.4, 0.5) is 0 Å². The van der Waals surface area contributed by atoms with Gasteiger partial charge in [-0.3, -0.25) is 4.79 Å². The Hall–Kier alpha value is -0.570. The molecule has 3 atom stereocenters. The summed E-state index contributed by atoms with van der Waals surface area (Å²) in [7, 11) is 0. The second kappa shape index (κ2) is 4.61. The Labute approximate surface area is 79.8 Å². The van der Waals surface area contributed by atoms with Gasteiger partial charge in [-0.25, -0.2) is 0 Å². The molecule has 1 saturated carbocycles. The molecule has 1 aliphatic rings. The Balaban J connectivity index is 2.09. The topological polar surface area (TPSA) is 38.3 Å². The molecule has 1 rings (SSSR count). The molecule has 0 bridgehead atoms. The molecule has 0 aromatic rings. The van der Waals surface area contributed by atoms with Crippen molar-refractivity contribution in [3.05, 3.63) is 0 Å². The van der Waals surface area contributed by atoms with Crippen LogP contribution in [0, 0.1) is 11.8 Å². The summed E-state index contributed by atoms with van der Waals surface area (Å²) in [5.74, 6) is 0.672. The zero-order valence-corrected chi connectivity index (χ0v) is 8.67. The number of nitrogens with one attached hydrogen (secondary N) is 1. The van der Waals surface area contributed by atoms with Crippen LogP contribution >= 0.6 is 0 Å². The van der Waals surface area contributed by atoms with Gasteiger partial charge < -0.3 is 10.1 Å². The van der Waals surface area contributed by atoms with E-state index in [0.717, 1.165) is 12.5 Å². The molecule has 0 spiro atoms. The smallest absolute Gasteiger partial charge is 0.309 e. The lowest BCUT2D eigenvalue weighted by molar-refractivity contribution is -0.147. The van der Waals surface area contributed by atoms with Gasteiger partial charge in [-0.05, 0) is 19.3 Å². The van der Waals surface area contributed by atoms with E-state index in [9.17, 15) is 4.79 Å². The van der Waals surface area contributed by atoms with E-state index in [1.54, 1.807) is 0 Å². The molecule has 1 aliphatic carbocycles. The Morgan fingerprint density at radius 2 is 2.31 bits per heavy atom. The summed E-state index contributed by atoms with van der Waals surface area (Å²) in [6, 6.07) is 0.636. The van der Waals surface area contributed by atoms with E-state index in [-0.39, 0.29) is 11.9 Å². The quantitative estimate of drug-likeness (QED) is 0.654. The standard InChI is InChI=1S/C10H19NO2/c1-4-13-10(12)8(3)6-11-9-5-7(9)2/h7-9,11H,4-6H2,1-3H3. The third-order valence-corrected chi connectivity index (χ3v) is 2.48. The molecular formula is C10H19NO2. The molecule has 0 radical (unpaired) electrons. The molecule has 0 aromatic heterocycles. The van der Waals surface area contributed by atoms with Crippen LogP contribution in [-0.4, -0.2) is 25.2 Å². The van der Waals surface area contributed by atoms with E-state index in [4.69, 9.17) is 4.74 Å². The lowest BCUT2D eigenvalue weighted by Gasteiger charge is -2.10. The summed E-state index contributed by atoms with van der Waals surface area (Å²) in [6.07, 6.45) is 1.25. The molecule has 0 aliphatic heterocycles. The number of hydrogen-bond acceptors (Lipinski definition) is 3. The minimum absolute atomic E-state index is 0.0206. The average Bonchev–Trinajstić information content (AvgIpc) is 2.78. The van der Waals surface area contributed by atoms with E-state index >= 15 is 0 Å². The maximum Gasteiger partial charge on any atom is 0.309 e. The Morgan fingerprint density at radius 3 is 2.77 bits per heavy atom. The van der Waals surface area contributed by atoms with Crippen molar-refractivity contribution >= 4 is 5.97 Å². The normalized spacial score (nSPS) is 28.2. The van der Waals surface area contributed by atoms with Crippen molar-refractivity contribution in [3.63, 3.8) is 0 Å². The molecule has 0 heterocycles. The Morgan fingerprint density at radius 1 is 1.69 bits per heavy atom. The third kappa shape index (κ3) is 3.35. The van der Waals surface area contributed by atoms with E-state index in [2.05, 4.69) is 12.2 Å². The van der Waals surface area contributed by atoms with Gasteiger partial charge in [0.25, 0.3) is 0 Å². The first kappa shape index (κ1) is 10.5. The molecule has 76 valence electrons. The summed E-state index contributed by atoms with van der Waals surface area (Å²) in [5.41, 5.74) is 0. The number of carbonyl (C=O) groups excluding carboxylic acids is 1. The summed E-state index contributed by atoms with van der Waals surface area (Å²) < 4.78 is 4.90. The van der Waals surface area contributed by atoms with Crippen LogP contribution in [0.25, 0.3) is 0 Å². The maximum absolute atomic E-state index is 11.2. The van der Waals surface area contributed by atoms with E-state index in [1.807, 2.05) is 13.8 Å². The number of esters is 1. The predicted molar refractivity (Wildman–Crippen MR) is 51.4 cm³/mol. The van der Waals surface area contributed by atoms with Crippen molar-refractivity contribution < 1.29 is 9.53 Å². The molecule has 1 N–H and O–H groups in total. The molecule has 0 aromatic carbocycles. The largest absolute Gasteiger partial charge is 0.466 e. The third-order valence-electron chi connectivity index (χ3n) is 2.48. The lowest BCUT2D eigenvalue weighted by atomic mass is 10.2. The Bertz CT molecular complexity index is 182. The van der Waals surface area contributed by atoms with Gasteiger partial charge in [0.1, 0.15) is 0 Å². The van der Waals surface area contributed by atoms with Crippen LogP contribution < -0.4 is 5.32 Å². The van der Waals surface area contributed by atoms with Crippen LogP contribution in [0.5, 0.6) is 0 Å². The molecule has 3 heteroatoms. The van der Waals surface area contributed by atoms with Gasteiger partial charge in [0, 0.05) is 12.6 Å². The second-order valence-corrected chi connectivity index (χ2v) is 3.88. The van der Waals surface area contributed by atoms with Crippen LogP contribution in [-0.2, 0) is 9.53 Å². The molecule has 13 heavy (non-hydrogen) atoms. The molecular weight excluding hydrogens is 166 g/mol. The van der Waals surface area contributed by atoms with Crippen LogP contribution in [0.1, 0.15) is 27.2 Å². The van der Waals surface area contributed by atoms with Gasteiger partial charge in [0.15, 0.2) is 0 Å². The summed E-state index contributed by atoms with van der Waals surface area (Å²) in [4.78, 5) is 11.2. The molecule has 3 nitrogen and oxygen atoms in total. The summed E-state index contributed by atoms with van der Waals surface area (Å²) in [6.45, 7) is 7.17. The molecule has 3 unspecified atom stereocenters. The van der Waals surface area contributed by atoms with Gasteiger partial charge >= 0.3 is 5.97 Å². The van der Waals surface area contributed by atoms with E-state index < -0.39 is 0 Å². The first-order valence-corrected chi connectivity index (χ1v) is 5.05. The molecule has 1 fully saturated rings. The highest BCUT2D eigenvalue weighted by Gasteiger charge is 2.32. The zero-order chi connectivity index (χ0) is 9.84. The van der Waals surface area contributed by atoms with Gasteiger partial charge in [0.2, 0.25) is 0 Å². The number of ether oxygens (including phenoxy) is 1. The molecule has 0 amide bonds. The summed E-state index contributed by atoms with van der Waals surface area (Å²) in [5, 5.41) is 3.34. The van der Waals surface area contributed by atoms with Gasteiger partial charge in [-0.2, -0.15) is 0 Å². The van der Waals surface area contributed by atoms with Gasteiger partial charge in [-0.15, -0.1) is 0 Å². The predicted octanol–water partition coefficient (Wildman–Crippen LogP) is 1.18. The maximum atomic E-state index is 11.2. The first-order valence-electron chi connectivity index (χ1n) is 5.05. The summed E-state index contributed by atoms with van der Waals surface area (Å²) >= 11 is 0. The van der Waals surface area contributed by atoms with Crippen molar-refractivity contribution in [1.82, 2.24) is 5.32 Å². The second-order valence-electron chi connectivity index (χ2n) is 3.88. The number of hydrogen-bond donors (Lipinski definition) is 1. The van der Waals surface area contributed by atoms with Crippen LogP contribution in [0.2, 0.25) is 0 Å². The van der Waals surface area contributed by atoms with E-state index in [1.165, 1.54) is 6.42 Å². The minimum Gasteiger partial charge on any atom is -0.466 e. The number of rotatable bonds is 5. The highest BCUT2D eigenvalue weighted by molar-refractivity contribution is 5.72. The zero-order valence-electron chi connectivity index (χ0n) is 8.67. The fourth-order valence-corrected chi connectivity index (χ4v) is 1.30. The fraction of sp³-hybridized carbons (Fsp3) is 0.900. The minimum atomic E-state index is -0.0942. The Kier molecular flexibility index (Phi) is 3.72. The first-order chi connectivity index (χ1) is 6.15. The monoisotopic (exact) mass is 185 g/mol. The molecule has 0 saturated heterocycles. The van der Waals surface area contributed by atoms with Crippen molar-refractivity contribution in [3.8, 4) is 0 Å². The van der Waals surface area contributed by atoms with Gasteiger partial charge in [-0.1, -0.05) is 13.8 Å². The van der Waals surface area contributed by atoms with Crippen LogP contribution in [0.15, 0.2) is 0 Å². The van der Waals surface area contributed by atoms with Crippen LogP contribution in [0.3, 0.4) is 0 Å². The van der Waals surface area contributed by atoms with Crippen molar-refractivity contribution in [2.24, 2.45) is 11.8 Å². The van der Waals surface area contributed by atoms with Gasteiger partial charge in [0.05, 0.1) is 12.5 Å².